The smallest absolute Gasteiger partial charge is 0.254 e. The van der Waals surface area contributed by atoms with Crippen LogP contribution >= 0.6 is 11.3 Å². The lowest BCUT2D eigenvalue weighted by Gasteiger charge is -2.27. The van der Waals surface area contributed by atoms with E-state index in [0.29, 0.717) is 18.1 Å². The second kappa shape index (κ2) is 6.89. The molecule has 1 aliphatic heterocycles. The van der Waals surface area contributed by atoms with Crippen molar-refractivity contribution in [2.75, 3.05) is 12.3 Å². The van der Waals surface area contributed by atoms with Gasteiger partial charge in [0.1, 0.15) is 5.82 Å². The molecule has 0 unspecified atom stereocenters. The molecule has 0 amide bonds. The number of anilines is 1. The van der Waals surface area contributed by atoms with Crippen LogP contribution in [0.3, 0.4) is 0 Å². The number of hydrogen-bond acceptors (Lipinski definition) is 5. The average molecular weight is 388 g/mol. The maximum absolute atomic E-state index is 12.6. The lowest BCUT2D eigenvalue weighted by molar-refractivity contribution is 0.243. The van der Waals surface area contributed by atoms with Gasteiger partial charge in [0.05, 0.1) is 5.69 Å². The first-order valence-electron chi connectivity index (χ1n) is 9.33. The number of H-pyrrole nitrogens is 1. The standard InChI is InChI=1S/C22H20N4OS/c23-16-7-5-14(6-8-16)21-24-19-13-26(10-9-18(19)22(27)25-21)12-17-11-15-3-1-2-4-20(15)28-17/h1-8,11H,9-10,12-13,23H2,(H,24,25,27). The third-order valence-corrected chi connectivity index (χ3v) is 6.29. The summed E-state index contributed by atoms with van der Waals surface area (Å²) in [4.78, 5) is 24.0. The fourth-order valence-corrected chi connectivity index (χ4v) is 4.85. The number of nitrogens with one attached hydrogen (secondary N) is 1. The van der Waals surface area contributed by atoms with Crippen molar-refractivity contribution in [1.29, 1.82) is 0 Å². The number of rotatable bonds is 3. The Bertz CT molecular complexity index is 1180. The first kappa shape index (κ1) is 17.2. The van der Waals surface area contributed by atoms with E-state index >= 15 is 0 Å². The summed E-state index contributed by atoms with van der Waals surface area (Å²) in [7, 11) is 0. The van der Waals surface area contributed by atoms with Crippen LogP contribution in [0.25, 0.3) is 21.5 Å². The van der Waals surface area contributed by atoms with Crippen molar-refractivity contribution in [3.8, 4) is 11.4 Å². The Balaban J connectivity index is 1.42. The normalized spacial score (nSPS) is 14.3. The van der Waals surface area contributed by atoms with Gasteiger partial charge < -0.3 is 10.7 Å². The van der Waals surface area contributed by atoms with Gasteiger partial charge in [-0.15, -0.1) is 11.3 Å². The number of benzene rings is 2. The molecule has 2 aromatic heterocycles. The molecule has 0 saturated heterocycles. The van der Waals surface area contributed by atoms with Gasteiger partial charge in [-0.1, -0.05) is 18.2 Å². The summed E-state index contributed by atoms with van der Waals surface area (Å²) in [5.41, 5.74) is 8.99. The first-order valence-corrected chi connectivity index (χ1v) is 10.2. The molecule has 140 valence electrons. The summed E-state index contributed by atoms with van der Waals surface area (Å²) in [6.07, 6.45) is 0.727. The van der Waals surface area contributed by atoms with E-state index in [2.05, 4.69) is 40.2 Å². The van der Waals surface area contributed by atoms with Crippen LogP contribution in [0.4, 0.5) is 5.69 Å². The average Bonchev–Trinajstić information content (AvgIpc) is 3.10. The molecule has 3 N–H and O–H groups in total. The minimum atomic E-state index is -0.0293. The molecular weight excluding hydrogens is 368 g/mol. The second-order valence-electron chi connectivity index (χ2n) is 7.17. The lowest BCUT2D eigenvalue weighted by Crippen LogP contribution is -2.34. The zero-order valence-electron chi connectivity index (χ0n) is 15.3. The van der Waals surface area contributed by atoms with Crippen LogP contribution in [0.2, 0.25) is 0 Å². The summed E-state index contributed by atoms with van der Waals surface area (Å²) in [6, 6.07) is 18.1. The van der Waals surface area contributed by atoms with Crippen molar-refractivity contribution in [1.82, 2.24) is 14.9 Å². The van der Waals surface area contributed by atoms with E-state index in [1.165, 1.54) is 15.0 Å². The zero-order chi connectivity index (χ0) is 19.1. The molecule has 0 atom stereocenters. The van der Waals surface area contributed by atoms with Crippen molar-refractivity contribution in [3.05, 3.63) is 81.1 Å². The molecule has 6 heteroatoms. The monoisotopic (exact) mass is 388 g/mol. The summed E-state index contributed by atoms with van der Waals surface area (Å²) < 4.78 is 1.31. The number of aromatic amines is 1. The van der Waals surface area contributed by atoms with Crippen LogP contribution in [0.15, 0.2) is 59.4 Å². The largest absolute Gasteiger partial charge is 0.399 e. The van der Waals surface area contributed by atoms with Crippen LogP contribution in [-0.2, 0) is 19.5 Å². The molecular formula is C22H20N4OS. The van der Waals surface area contributed by atoms with E-state index in [1.807, 2.05) is 35.6 Å². The Morgan fingerprint density at radius 1 is 1.14 bits per heavy atom. The molecule has 2 aromatic carbocycles. The van der Waals surface area contributed by atoms with Gasteiger partial charge in [0, 0.05) is 46.0 Å². The molecule has 0 spiro atoms. The molecule has 0 aliphatic carbocycles. The molecule has 5 rings (SSSR count). The molecule has 3 heterocycles. The maximum Gasteiger partial charge on any atom is 0.254 e. The number of nitrogen functional groups attached to an aromatic ring is 1. The third kappa shape index (κ3) is 3.21. The minimum absolute atomic E-state index is 0.0293. The highest BCUT2D eigenvalue weighted by atomic mass is 32.1. The van der Waals surface area contributed by atoms with Gasteiger partial charge >= 0.3 is 0 Å². The molecule has 5 nitrogen and oxygen atoms in total. The highest BCUT2D eigenvalue weighted by Gasteiger charge is 2.22. The van der Waals surface area contributed by atoms with Crippen LogP contribution in [0, 0.1) is 0 Å². The maximum atomic E-state index is 12.6. The topological polar surface area (TPSA) is 75.0 Å². The van der Waals surface area contributed by atoms with Crippen LogP contribution in [-0.4, -0.2) is 21.4 Å². The molecule has 28 heavy (non-hydrogen) atoms. The van der Waals surface area contributed by atoms with Gasteiger partial charge in [0.2, 0.25) is 0 Å². The predicted octanol–water partition coefficient (Wildman–Crippen LogP) is 3.79. The van der Waals surface area contributed by atoms with Gasteiger partial charge in [-0.3, -0.25) is 9.69 Å². The summed E-state index contributed by atoms with van der Waals surface area (Å²) in [6.45, 7) is 2.44. The minimum Gasteiger partial charge on any atom is -0.399 e. The van der Waals surface area contributed by atoms with Crippen molar-refractivity contribution >= 4 is 27.1 Å². The van der Waals surface area contributed by atoms with Gasteiger partial charge in [0.15, 0.2) is 0 Å². The first-order chi connectivity index (χ1) is 13.7. The van der Waals surface area contributed by atoms with E-state index < -0.39 is 0 Å². The van der Waals surface area contributed by atoms with E-state index in [4.69, 9.17) is 10.7 Å². The molecule has 0 saturated carbocycles. The van der Waals surface area contributed by atoms with Gasteiger partial charge in [-0.05, 0) is 48.2 Å². The Labute approximate surface area is 166 Å². The zero-order valence-corrected chi connectivity index (χ0v) is 16.1. The number of aromatic nitrogens is 2. The van der Waals surface area contributed by atoms with E-state index in [9.17, 15) is 4.79 Å². The quantitative estimate of drug-likeness (QED) is 0.524. The Morgan fingerprint density at radius 3 is 2.79 bits per heavy atom. The van der Waals surface area contributed by atoms with Gasteiger partial charge in [0.25, 0.3) is 5.56 Å². The van der Waals surface area contributed by atoms with E-state index in [0.717, 1.165) is 36.3 Å². The summed E-state index contributed by atoms with van der Waals surface area (Å²) >= 11 is 1.83. The molecule has 0 bridgehead atoms. The Hall–Kier alpha value is -2.96. The van der Waals surface area contributed by atoms with Crippen molar-refractivity contribution in [2.24, 2.45) is 0 Å². The predicted molar refractivity (Wildman–Crippen MR) is 114 cm³/mol. The summed E-state index contributed by atoms with van der Waals surface area (Å²) in [5, 5.41) is 1.29. The van der Waals surface area contributed by atoms with Crippen LogP contribution < -0.4 is 11.3 Å². The fraction of sp³-hybridized carbons (Fsp3) is 0.182. The van der Waals surface area contributed by atoms with Crippen molar-refractivity contribution < 1.29 is 0 Å². The SMILES string of the molecule is Nc1ccc(-c2nc3c(c(=O)[nH]2)CCN(Cc2cc4ccccc4s2)C3)cc1. The van der Waals surface area contributed by atoms with Crippen molar-refractivity contribution in [2.45, 2.75) is 19.5 Å². The number of fused-ring (bicyclic) bond motifs is 2. The second-order valence-corrected chi connectivity index (χ2v) is 8.34. The third-order valence-electron chi connectivity index (χ3n) is 5.19. The molecule has 4 aromatic rings. The highest BCUT2D eigenvalue weighted by molar-refractivity contribution is 7.19. The number of nitrogens with zero attached hydrogens (tertiary/aromatic N) is 2. The van der Waals surface area contributed by atoms with Gasteiger partial charge in [-0.25, -0.2) is 4.98 Å². The van der Waals surface area contributed by atoms with Crippen molar-refractivity contribution in [3.63, 3.8) is 0 Å². The lowest BCUT2D eigenvalue weighted by atomic mass is 10.1. The molecule has 0 radical (unpaired) electrons. The molecule has 1 aliphatic rings. The Kier molecular flexibility index (Phi) is 4.22. The fourth-order valence-electron chi connectivity index (χ4n) is 3.74. The Morgan fingerprint density at radius 2 is 1.96 bits per heavy atom. The number of hydrogen-bond donors (Lipinski definition) is 2. The number of thiophene rings is 1. The van der Waals surface area contributed by atoms with E-state index in [1.54, 1.807) is 0 Å². The van der Waals surface area contributed by atoms with Gasteiger partial charge in [-0.2, -0.15) is 0 Å². The van der Waals surface area contributed by atoms with Crippen LogP contribution in [0.5, 0.6) is 0 Å². The summed E-state index contributed by atoms with van der Waals surface area (Å²) in [5.74, 6) is 0.604. The highest BCUT2D eigenvalue weighted by Crippen LogP contribution is 2.28. The van der Waals surface area contributed by atoms with E-state index in [-0.39, 0.29) is 5.56 Å². The number of nitrogens with two attached hydrogens (primary N) is 1. The van der Waals surface area contributed by atoms with Crippen LogP contribution in [0.1, 0.15) is 16.1 Å². The molecule has 0 fully saturated rings.